The molecule has 1 rings (SSSR count). The van der Waals surface area contributed by atoms with E-state index in [4.69, 9.17) is 0 Å². The summed E-state index contributed by atoms with van der Waals surface area (Å²) >= 11 is 0. The van der Waals surface area contributed by atoms with Crippen LogP contribution in [0.15, 0.2) is 0 Å². The lowest BCUT2D eigenvalue weighted by molar-refractivity contribution is 0.239. The second-order valence-corrected chi connectivity index (χ2v) is 4.88. The van der Waals surface area contributed by atoms with Crippen molar-refractivity contribution in [2.45, 2.75) is 40.7 Å². The van der Waals surface area contributed by atoms with E-state index in [1.165, 1.54) is 0 Å². The summed E-state index contributed by atoms with van der Waals surface area (Å²) in [5, 5.41) is 5.73. The van der Waals surface area contributed by atoms with Crippen LogP contribution in [-0.2, 0) is 0 Å². The summed E-state index contributed by atoms with van der Waals surface area (Å²) in [5.74, 6) is 0. The molecule has 3 nitrogen and oxygen atoms in total. The zero-order chi connectivity index (χ0) is 10.3. The Morgan fingerprint density at radius 1 is 1.23 bits per heavy atom. The molecule has 1 saturated carbocycles. The molecule has 0 spiro atoms. The number of carbonyl (C=O) groups is 1. The molecule has 1 fully saturated rings. The molecule has 0 aromatic rings. The Balaban J connectivity index is 2.46. The average Bonchev–Trinajstić information content (AvgIpc) is 2.33. The first-order chi connectivity index (χ1) is 5.84. The van der Waals surface area contributed by atoms with Gasteiger partial charge in [-0.3, -0.25) is 0 Å². The van der Waals surface area contributed by atoms with Crippen LogP contribution in [0.1, 0.15) is 34.6 Å². The van der Waals surface area contributed by atoms with Crippen LogP contribution in [0.4, 0.5) is 4.79 Å². The maximum Gasteiger partial charge on any atom is 0.315 e. The van der Waals surface area contributed by atoms with Gasteiger partial charge in [0.15, 0.2) is 0 Å². The third-order valence-electron chi connectivity index (χ3n) is 3.63. The molecule has 0 atom stereocenters. The number of amides is 2. The Morgan fingerprint density at radius 3 is 2.00 bits per heavy atom. The Labute approximate surface area is 80.3 Å². The van der Waals surface area contributed by atoms with Gasteiger partial charge >= 0.3 is 6.03 Å². The molecule has 1 aliphatic carbocycles. The number of urea groups is 1. The molecule has 2 N–H and O–H groups in total. The second kappa shape index (κ2) is 2.89. The largest absolute Gasteiger partial charge is 0.338 e. The molecule has 13 heavy (non-hydrogen) atoms. The number of hydrogen-bond donors (Lipinski definition) is 2. The van der Waals surface area contributed by atoms with Crippen LogP contribution in [0.25, 0.3) is 0 Å². The van der Waals surface area contributed by atoms with Gasteiger partial charge in [0.2, 0.25) is 0 Å². The van der Waals surface area contributed by atoms with Gasteiger partial charge in [-0.15, -0.1) is 0 Å². The molecule has 0 heterocycles. The van der Waals surface area contributed by atoms with Gasteiger partial charge < -0.3 is 10.6 Å². The predicted molar refractivity (Wildman–Crippen MR) is 53.6 cm³/mol. The fraction of sp³-hybridized carbons (Fsp3) is 0.900. The summed E-state index contributed by atoms with van der Waals surface area (Å²) in [4.78, 5) is 11.2. The molecular weight excluding hydrogens is 164 g/mol. The summed E-state index contributed by atoms with van der Waals surface area (Å²) in [6.45, 7) is 11.3. The molecule has 3 heteroatoms. The number of rotatable bonds is 2. The topological polar surface area (TPSA) is 41.1 Å². The number of carbonyl (C=O) groups excluding carboxylic acids is 1. The van der Waals surface area contributed by atoms with E-state index in [9.17, 15) is 4.79 Å². The zero-order valence-corrected chi connectivity index (χ0v) is 9.19. The molecular formula is C10H20N2O. The normalized spacial score (nSPS) is 23.8. The molecule has 76 valence electrons. The van der Waals surface area contributed by atoms with Crippen LogP contribution in [-0.4, -0.2) is 18.6 Å². The number of hydrogen-bond acceptors (Lipinski definition) is 1. The molecule has 0 radical (unpaired) electrons. The fourth-order valence-electron chi connectivity index (χ4n) is 1.90. The summed E-state index contributed by atoms with van der Waals surface area (Å²) in [7, 11) is 0. The highest BCUT2D eigenvalue weighted by Crippen LogP contribution is 2.62. The SMILES string of the molecule is CCNC(=O)NC1C(C)(C)C1(C)C. The van der Waals surface area contributed by atoms with Gasteiger partial charge in [-0.05, 0) is 17.8 Å². The van der Waals surface area contributed by atoms with E-state index < -0.39 is 0 Å². The Bertz CT molecular complexity index is 207. The minimum atomic E-state index is -0.0499. The quantitative estimate of drug-likeness (QED) is 0.674. The van der Waals surface area contributed by atoms with E-state index in [2.05, 4.69) is 38.3 Å². The maximum atomic E-state index is 11.2. The van der Waals surface area contributed by atoms with Gasteiger partial charge in [0.25, 0.3) is 0 Å². The fourth-order valence-corrected chi connectivity index (χ4v) is 1.90. The van der Waals surface area contributed by atoms with Crippen LogP contribution in [0.3, 0.4) is 0 Å². The average molecular weight is 184 g/mol. The summed E-state index contributed by atoms with van der Waals surface area (Å²) < 4.78 is 0. The van der Waals surface area contributed by atoms with Gasteiger partial charge in [0.1, 0.15) is 0 Å². The first-order valence-electron chi connectivity index (χ1n) is 4.88. The van der Waals surface area contributed by atoms with Crippen molar-refractivity contribution < 1.29 is 4.79 Å². The van der Waals surface area contributed by atoms with Crippen LogP contribution in [0.2, 0.25) is 0 Å². The van der Waals surface area contributed by atoms with Gasteiger partial charge in [-0.1, -0.05) is 27.7 Å². The van der Waals surface area contributed by atoms with Gasteiger partial charge in [0, 0.05) is 12.6 Å². The minimum Gasteiger partial charge on any atom is -0.338 e. The molecule has 0 bridgehead atoms. The van der Waals surface area contributed by atoms with Crippen LogP contribution >= 0.6 is 0 Å². The monoisotopic (exact) mass is 184 g/mol. The standard InChI is InChI=1S/C10H20N2O/c1-6-11-8(13)12-7-9(2,3)10(7,4)5/h7H,6H2,1-5H3,(H2,11,12,13). The van der Waals surface area contributed by atoms with Gasteiger partial charge in [-0.2, -0.15) is 0 Å². The Morgan fingerprint density at radius 2 is 1.69 bits per heavy atom. The lowest BCUT2D eigenvalue weighted by atomic mass is 10.0. The van der Waals surface area contributed by atoms with E-state index in [-0.39, 0.29) is 16.9 Å². The lowest BCUT2D eigenvalue weighted by Crippen LogP contribution is -2.38. The predicted octanol–water partition coefficient (Wildman–Crippen LogP) is 1.74. The van der Waals surface area contributed by atoms with Crippen LogP contribution in [0, 0.1) is 10.8 Å². The highest BCUT2D eigenvalue weighted by molar-refractivity contribution is 5.75. The third kappa shape index (κ3) is 1.52. The third-order valence-corrected chi connectivity index (χ3v) is 3.63. The van der Waals surface area contributed by atoms with Gasteiger partial charge in [0.05, 0.1) is 0 Å². The molecule has 0 unspecified atom stereocenters. The highest BCUT2D eigenvalue weighted by atomic mass is 16.2. The van der Waals surface area contributed by atoms with Crippen LogP contribution < -0.4 is 10.6 Å². The van der Waals surface area contributed by atoms with Crippen LogP contribution in [0.5, 0.6) is 0 Å². The molecule has 0 aromatic heterocycles. The van der Waals surface area contributed by atoms with Crippen molar-refractivity contribution in [1.29, 1.82) is 0 Å². The zero-order valence-electron chi connectivity index (χ0n) is 9.19. The second-order valence-electron chi connectivity index (χ2n) is 4.88. The highest BCUT2D eigenvalue weighted by Gasteiger charge is 2.65. The smallest absolute Gasteiger partial charge is 0.315 e. The first kappa shape index (κ1) is 10.4. The summed E-state index contributed by atoms with van der Waals surface area (Å²) in [6, 6.07) is 0.248. The van der Waals surface area contributed by atoms with Crippen molar-refractivity contribution in [3.8, 4) is 0 Å². The van der Waals surface area contributed by atoms with E-state index in [1.54, 1.807) is 0 Å². The molecule has 2 amide bonds. The maximum absolute atomic E-state index is 11.2. The first-order valence-corrected chi connectivity index (χ1v) is 4.88. The Hall–Kier alpha value is -0.730. The van der Waals surface area contributed by atoms with Crippen molar-refractivity contribution in [2.24, 2.45) is 10.8 Å². The summed E-state index contributed by atoms with van der Waals surface area (Å²) in [6.07, 6.45) is 0. The summed E-state index contributed by atoms with van der Waals surface area (Å²) in [5.41, 5.74) is 0.441. The van der Waals surface area contributed by atoms with E-state index in [1.807, 2.05) is 6.92 Å². The van der Waals surface area contributed by atoms with E-state index in [0.29, 0.717) is 12.6 Å². The van der Waals surface area contributed by atoms with Crippen molar-refractivity contribution in [3.63, 3.8) is 0 Å². The van der Waals surface area contributed by atoms with Crippen molar-refractivity contribution >= 4 is 6.03 Å². The van der Waals surface area contributed by atoms with Crippen molar-refractivity contribution in [2.75, 3.05) is 6.54 Å². The van der Waals surface area contributed by atoms with E-state index in [0.717, 1.165) is 0 Å². The molecule has 0 aromatic carbocycles. The van der Waals surface area contributed by atoms with Gasteiger partial charge in [-0.25, -0.2) is 4.79 Å². The minimum absolute atomic E-state index is 0.0499. The van der Waals surface area contributed by atoms with Crippen molar-refractivity contribution in [3.05, 3.63) is 0 Å². The molecule has 0 aliphatic heterocycles. The lowest BCUT2D eigenvalue weighted by Gasteiger charge is -2.06. The molecule has 0 saturated heterocycles. The van der Waals surface area contributed by atoms with E-state index >= 15 is 0 Å². The number of nitrogens with one attached hydrogen (secondary N) is 2. The van der Waals surface area contributed by atoms with Crippen molar-refractivity contribution in [1.82, 2.24) is 10.6 Å². The molecule has 1 aliphatic rings. The Kier molecular flexibility index (Phi) is 2.30.